The molecule has 1 aromatic rings. The highest BCUT2D eigenvalue weighted by atomic mass is 127. The molecule has 0 saturated heterocycles. The third-order valence-electron chi connectivity index (χ3n) is 3.98. The summed E-state index contributed by atoms with van der Waals surface area (Å²) in [6.45, 7) is 5.92. The molecule has 7 nitrogen and oxygen atoms in total. The minimum Gasteiger partial charge on any atom is -0.388 e. The summed E-state index contributed by atoms with van der Waals surface area (Å²) in [4.78, 5) is 4.45. The Morgan fingerprint density at radius 2 is 1.89 bits per heavy atom. The van der Waals surface area contributed by atoms with Gasteiger partial charge >= 0.3 is 0 Å². The van der Waals surface area contributed by atoms with E-state index in [-0.39, 0.29) is 29.7 Å². The van der Waals surface area contributed by atoms with E-state index in [1.807, 2.05) is 37.3 Å². The van der Waals surface area contributed by atoms with Crippen molar-refractivity contribution in [1.29, 1.82) is 0 Å². The molecule has 0 radical (unpaired) electrons. The van der Waals surface area contributed by atoms with E-state index in [4.69, 9.17) is 0 Å². The molecule has 0 aliphatic carbocycles. The molecule has 1 unspecified atom stereocenters. The van der Waals surface area contributed by atoms with Crippen molar-refractivity contribution in [1.82, 2.24) is 14.9 Å². The number of halogens is 1. The van der Waals surface area contributed by atoms with E-state index < -0.39 is 16.1 Å². The second kappa shape index (κ2) is 14.1. The molecule has 0 bridgehead atoms. The van der Waals surface area contributed by atoms with Gasteiger partial charge in [-0.25, -0.2) is 12.7 Å². The lowest BCUT2D eigenvalue weighted by Gasteiger charge is -2.16. The number of aliphatic hydroxyl groups excluding tert-OH is 1. The Morgan fingerprint density at radius 1 is 1.22 bits per heavy atom. The lowest BCUT2D eigenvalue weighted by molar-refractivity contribution is 0.168. The van der Waals surface area contributed by atoms with Crippen LogP contribution in [0.2, 0.25) is 0 Å². The van der Waals surface area contributed by atoms with Gasteiger partial charge in [0.05, 0.1) is 11.9 Å². The lowest BCUT2D eigenvalue weighted by Crippen LogP contribution is -2.38. The molecule has 0 amide bonds. The van der Waals surface area contributed by atoms with E-state index in [0.29, 0.717) is 38.4 Å². The number of sulfonamides is 1. The molecular formula is C18H33IN4O3S. The summed E-state index contributed by atoms with van der Waals surface area (Å²) in [6.07, 6.45) is 0.713. The number of aliphatic hydroxyl groups is 1. The minimum atomic E-state index is -3.13. The van der Waals surface area contributed by atoms with Crippen LogP contribution in [0.15, 0.2) is 35.3 Å². The van der Waals surface area contributed by atoms with E-state index in [1.165, 1.54) is 4.31 Å². The van der Waals surface area contributed by atoms with Gasteiger partial charge < -0.3 is 15.7 Å². The molecule has 1 aromatic carbocycles. The van der Waals surface area contributed by atoms with Crippen LogP contribution in [0.3, 0.4) is 0 Å². The van der Waals surface area contributed by atoms with Crippen LogP contribution in [0, 0.1) is 0 Å². The number of benzene rings is 1. The van der Waals surface area contributed by atoms with Crippen LogP contribution >= 0.6 is 24.0 Å². The molecule has 0 fully saturated rings. The molecule has 0 saturated carbocycles. The largest absolute Gasteiger partial charge is 0.388 e. The third kappa shape index (κ3) is 10.3. The number of hydrogen-bond acceptors (Lipinski definition) is 4. The zero-order chi connectivity index (χ0) is 19.4. The fourth-order valence-corrected chi connectivity index (χ4v) is 3.20. The van der Waals surface area contributed by atoms with Crippen LogP contribution < -0.4 is 10.6 Å². The average molecular weight is 512 g/mol. The maximum atomic E-state index is 11.7. The minimum absolute atomic E-state index is 0. The molecule has 1 atom stereocenters. The lowest BCUT2D eigenvalue weighted by atomic mass is 10.1. The second-order valence-corrected chi connectivity index (χ2v) is 8.34. The first-order valence-corrected chi connectivity index (χ1v) is 10.7. The van der Waals surface area contributed by atoms with Gasteiger partial charge in [0.2, 0.25) is 10.0 Å². The van der Waals surface area contributed by atoms with E-state index in [1.54, 1.807) is 14.0 Å². The SMILES string of the molecule is CCNC(=NCCCN(C)S(=O)(=O)CC)NCCC(O)c1ccccc1.I. The molecule has 9 heteroatoms. The van der Waals surface area contributed by atoms with Crippen LogP contribution in [0.1, 0.15) is 38.4 Å². The molecule has 156 valence electrons. The first kappa shape index (κ1) is 26.1. The average Bonchev–Trinajstić information content (AvgIpc) is 2.65. The van der Waals surface area contributed by atoms with E-state index in [9.17, 15) is 13.5 Å². The Balaban J connectivity index is 0.00000676. The molecule has 0 spiro atoms. The summed E-state index contributed by atoms with van der Waals surface area (Å²) < 4.78 is 24.8. The van der Waals surface area contributed by atoms with Crippen molar-refractivity contribution in [3.8, 4) is 0 Å². The summed E-state index contributed by atoms with van der Waals surface area (Å²) in [7, 11) is -1.54. The fourth-order valence-electron chi connectivity index (χ4n) is 2.35. The van der Waals surface area contributed by atoms with Crippen molar-refractivity contribution < 1.29 is 13.5 Å². The van der Waals surface area contributed by atoms with Gasteiger partial charge in [-0.15, -0.1) is 24.0 Å². The number of hydrogen-bond donors (Lipinski definition) is 3. The predicted octanol–water partition coefficient (Wildman–Crippen LogP) is 1.95. The van der Waals surface area contributed by atoms with Gasteiger partial charge in [0, 0.05) is 33.2 Å². The van der Waals surface area contributed by atoms with Crippen LogP contribution in [0.25, 0.3) is 0 Å². The number of rotatable bonds is 11. The summed E-state index contributed by atoms with van der Waals surface area (Å²) in [5, 5.41) is 16.5. The highest BCUT2D eigenvalue weighted by Gasteiger charge is 2.13. The van der Waals surface area contributed by atoms with Crippen molar-refractivity contribution in [3.63, 3.8) is 0 Å². The van der Waals surface area contributed by atoms with Crippen molar-refractivity contribution in [3.05, 3.63) is 35.9 Å². The van der Waals surface area contributed by atoms with Crippen LogP contribution in [-0.4, -0.2) is 62.8 Å². The maximum Gasteiger partial charge on any atom is 0.213 e. The quantitative estimate of drug-likeness (QED) is 0.183. The van der Waals surface area contributed by atoms with Crippen LogP contribution in [0.4, 0.5) is 0 Å². The first-order chi connectivity index (χ1) is 12.4. The maximum absolute atomic E-state index is 11.7. The zero-order valence-electron chi connectivity index (χ0n) is 16.4. The summed E-state index contributed by atoms with van der Waals surface area (Å²) in [5.74, 6) is 0.787. The van der Waals surface area contributed by atoms with Crippen molar-refractivity contribution in [2.24, 2.45) is 4.99 Å². The zero-order valence-corrected chi connectivity index (χ0v) is 19.5. The number of aliphatic imine (C=N–C) groups is 1. The van der Waals surface area contributed by atoms with Crippen molar-refractivity contribution >= 4 is 40.0 Å². The highest BCUT2D eigenvalue weighted by Crippen LogP contribution is 2.14. The second-order valence-electron chi connectivity index (χ2n) is 5.98. The molecular weight excluding hydrogens is 479 g/mol. The Kier molecular flexibility index (Phi) is 13.7. The van der Waals surface area contributed by atoms with Gasteiger partial charge in [0.1, 0.15) is 0 Å². The fraction of sp³-hybridized carbons (Fsp3) is 0.611. The Bertz CT molecular complexity index is 641. The van der Waals surface area contributed by atoms with Gasteiger partial charge in [-0.3, -0.25) is 4.99 Å². The van der Waals surface area contributed by atoms with Gasteiger partial charge in [-0.1, -0.05) is 30.3 Å². The van der Waals surface area contributed by atoms with Gasteiger partial charge in [0.25, 0.3) is 0 Å². The van der Waals surface area contributed by atoms with Gasteiger partial charge in [-0.05, 0) is 32.3 Å². The number of nitrogens with zero attached hydrogens (tertiary/aromatic N) is 2. The van der Waals surface area contributed by atoms with Crippen LogP contribution in [-0.2, 0) is 10.0 Å². The predicted molar refractivity (Wildman–Crippen MR) is 122 cm³/mol. The van der Waals surface area contributed by atoms with Gasteiger partial charge in [0.15, 0.2) is 5.96 Å². The topological polar surface area (TPSA) is 94.0 Å². The molecule has 27 heavy (non-hydrogen) atoms. The third-order valence-corrected chi connectivity index (χ3v) is 5.84. The summed E-state index contributed by atoms with van der Waals surface area (Å²) in [5.41, 5.74) is 0.899. The molecule has 0 aliphatic rings. The summed E-state index contributed by atoms with van der Waals surface area (Å²) in [6, 6.07) is 9.56. The van der Waals surface area contributed by atoms with Crippen molar-refractivity contribution in [2.45, 2.75) is 32.8 Å². The van der Waals surface area contributed by atoms with Gasteiger partial charge in [-0.2, -0.15) is 0 Å². The monoisotopic (exact) mass is 512 g/mol. The van der Waals surface area contributed by atoms with E-state index in [0.717, 1.165) is 12.1 Å². The highest BCUT2D eigenvalue weighted by molar-refractivity contribution is 14.0. The molecule has 0 heterocycles. The van der Waals surface area contributed by atoms with E-state index >= 15 is 0 Å². The van der Waals surface area contributed by atoms with E-state index in [2.05, 4.69) is 15.6 Å². The Labute approximate surface area is 180 Å². The number of guanidine groups is 1. The normalized spacial score (nSPS) is 13.1. The van der Waals surface area contributed by atoms with Crippen molar-refractivity contribution in [2.75, 3.05) is 39.0 Å². The Morgan fingerprint density at radius 3 is 2.48 bits per heavy atom. The molecule has 0 aromatic heterocycles. The van der Waals surface area contributed by atoms with Crippen LogP contribution in [0.5, 0.6) is 0 Å². The molecule has 3 N–H and O–H groups in total. The Hall–Kier alpha value is -0.910. The summed E-state index contributed by atoms with van der Waals surface area (Å²) >= 11 is 0. The standard InChI is InChI=1S/C18H32N4O3S.HI/c1-4-19-18(20-13-9-15-22(3)26(24,25)5-2)21-14-12-17(23)16-10-7-6-8-11-16;/h6-8,10-11,17,23H,4-5,9,12-15H2,1-3H3,(H2,19,20,21);1H. The first-order valence-electron chi connectivity index (χ1n) is 9.09. The number of nitrogens with one attached hydrogen (secondary N) is 2. The molecule has 0 aliphatic heterocycles. The smallest absolute Gasteiger partial charge is 0.213 e. The molecule has 1 rings (SSSR count).